The molecule has 0 spiro atoms. The summed E-state index contributed by atoms with van der Waals surface area (Å²) in [4.78, 5) is 70.5. The number of carbonyl (C=O) groups excluding carboxylic acids is 4. The van der Waals surface area contributed by atoms with E-state index < -0.39 is 85.9 Å². The van der Waals surface area contributed by atoms with Crippen LogP contribution in [0.1, 0.15) is 86.5 Å². The minimum absolute atomic E-state index is 0.0505. The monoisotopic (exact) mass is 836 g/mol. The topological polar surface area (TPSA) is 195 Å². The Balaban J connectivity index is 1.37. The van der Waals surface area contributed by atoms with Gasteiger partial charge in [-0.05, 0) is 90.2 Å². The molecule has 3 fully saturated rings. The minimum Gasteiger partial charge on any atom is -0.471 e. The summed E-state index contributed by atoms with van der Waals surface area (Å²) in [7, 11) is -4.09. The van der Waals surface area contributed by atoms with Crippen molar-refractivity contribution in [1.29, 1.82) is 0 Å². The second-order valence-corrected chi connectivity index (χ2v) is 19.1. The lowest BCUT2D eigenvalue weighted by atomic mass is 9.88. The Kier molecular flexibility index (Phi) is 11.5. The second-order valence-electron chi connectivity index (χ2n) is 17.0. The average molecular weight is 837 g/mol. The first kappa shape index (κ1) is 42.9. The summed E-state index contributed by atoms with van der Waals surface area (Å²) >= 11 is 0. The number of nitrogens with one attached hydrogen (secondary N) is 3. The number of alkyl carbamates (subject to hydrolysis) is 1. The van der Waals surface area contributed by atoms with E-state index in [2.05, 4.69) is 20.5 Å². The maximum Gasteiger partial charge on any atom is 0.427 e. The Morgan fingerprint density at radius 1 is 1.07 bits per heavy atom. The van der Waals surface area contributed by atoms with Crippen molar-refractivity contribution in [3.8, 4) is 5.88 Å². The van der Waals surface area contributed by atoms with Crippen LogP contribution in [-0.4, -0.2) is 93.7 Å². The highest BCUT2D eigenvalue weighted by atomic mass is 32.2. The Labute approximate surface area is 334 Å². The summed E-state index contributed by atoms with van der Waals surface area (Å²) < 4.78 is 81.0. The first-order valence-corrected chi connectivity index (χ1v) is 21.1. The van der Waals surface area contributed by atoms with Gasteiger partial charge in [0.25, 0.3) is 11.5 Å². The van der Waals surface area contributed by atoms with Gasteiger partial charge in [0, 0.05) is 18.9 Å². The van der Waals surface area contributed by atoms with Gasteiger partial charge in [0.15, 0.2) is 0 Å². The maximum absolute atomic E-state index is 14.8. The number of ether oxygens (including phenoxy) is 2. The highest BCUT2D eigenvalue weighted by Crippen LogP contribution is 2.47. The van der Waals surface area contributed by atoms with Crippen molar-refractivity contribution in [3.05, 3.63) is 46.8 Å². The van der Waals surface area contributed by atoms with Crippen molar-refractivity contribution in [2.45, 2.75) is 133 Å². The molecule has 19 heteroatoms. The van der Waals surface area contributed by atoms with Crippen molar-refractivity contribution in [3.63, 3.8) is 0 Å². The molecule has 6 rings (SSSR count). The van der Waals surface area contributed by atoms with E-state index in [9.17, 15) is 45.6 Å². The van der Waals surface area contributed by atoms with Gasteiger partial charge < -0.3 is 25.0 Å². The van der Waals surface area contributed by atoms with Crippen molar-refractivity contribution < 1.29 is 50.2 Å². The maximum atomic E-state index is 14.8. The Bertz CT molecular complexity index is 2170. The molecule has 1 saturated heterocycles. The Morgan fingerprint density at radius 3 is 2.38 bits per heavy atom. The number of allylic oxidation sites excluding steroid dienone is 1. The van der Waals surface area contributed by atoms with E-state index in [0.29, 0.717) is 56.7 Å². The van der Waals surface area contributed by atoms with E-state index in [4.69, 9.17) is 9.47 Å². The smallest absolute Gasteiger partial charge is 0.427 e. The quantitative estimate of drug-likeness (QED) is 0.326. The average Bonchev–Trinajstić information content (AvgIpc) is 4.02. The molecule has 318 valence electrons. The molecule has 7 atom stereocenters. The summed E-state index contributed by atoms with van der Waals surface area (Å²) in [5.74, 6) is -3.78. The predicted molar refractivity (Wildman–Crippen MR) is 205 cm³/mol. The molecule has 2 aliphatic carbocycles. The first-order chi connectivity index (χ1) is 27.0. The largest absolute Gasteiger partial charge is 0.471 e. The number of fused-ring (bicyclic) bond motifs is 3. The fourth-order valence-corrected chi connectivity index (χ4v) is 9.02. The van der Waals surface area contributed by atoms with Crippen LogP contribution in [0.5, 0.6) is 5.88 Å². The first-order valence-electron chi connectivity index (χ1n) is 19.6. The van der Waals surface area contributed by atoms with Gasteiger partial charge in [0.05, 0.1) is 22.1 Å². The number of benzene rings is 1. The highest BCUT2D eigenvalue weighted by molar-refractivity contribution is 7.91. The summed E-state index contributed by atoms with van der Waals surface area (Å²) in [6.45, 7) is 8.14. The zero-order valence-electron chi connectivity index (χ0n) is 33.4. The summed E-state index contributed by atoms with van der Waals surface area (Å²) in [6.07, 6.45) is -1.63. The Morgan fingerprint density at radius 2 is 1.74 bits per heavy atom. The number of nitrogens with zero attached hydrogens (tertiary/aromatic N) is 3. The molecular weight excluding hydrogens is 786 g/mol. The van der Waals surface area contributed by atoms with Gasteiger partial charge in [-0.3, -0.25) is 23.9 Å². The number of carbonyl (C=O) groups is 4. The SMILES string of the molecule is CCn1nc(O[C@@H]2C[C@H]3C(=O)N[C@]4(C(=O)NS(=O)(=O)C5(C)CC5)CC4/C=C\CC[C@@H](C)C[C@@H](C)[C@H](NC(=O)OC(C)(C)C(F)(F)F)C(=O)N3C2)c2ccccc2c1=O. The van der Waals surface area contributed by atoms with Gasteiger partial charge in [-0.15, -0.1) is 5.10 Å². The summed E-state index contributed by atoms with van der Waals surface area (Å²) in [5, 5.41) is 10.2. The fourth-order valence-electron chi connectivity index (χ4n) is 7.71. The van der Waals surface area contributed by atoms with Crippen LogP contribution in [0.15, 0.2) is 41.2 Å². The van der Waals surface area contributed by atoms with Gasteiger partial charge in [-0.1, -0.05) is 38.1 Å². The van der Waals surface area contributed by atoms with Gasteiger partial charge in [-0.2, -0.15) is 13.2 Å². The van der Waals surface area contributed by atoms with Crippen molar-refractivity contribution in [2.75, 3.05) is 6.54 Å². The van der Waals surface area contributed by atoms with Crippen LogP contribution in [0.25, 0.3) is 10.8 Å². The molecule has 1 aromatic carbocycles. The fraction of sp³-hybridized carbons (Fsp3) is 0.641. The van der Waals surface area contributed by atoms with Gasteiger partial charge >= 0.3 is 12.3 Å². The Hall–Kier alpha value is -4.68. The molecule has 58 heavy (non-hydrogen) atoms. The van der Waals surface area contributed by atoms with Crippen LogP contribution in [0.2, 0.25) is 0 Å². The molecular formula is C39H51F3N6O9S. The van der Waals surface area contributed by atoms with Crippen LogP contribution >= 0.6 is 0 Å². The van der Waals surface area contributed by atoms with E-state index >= 15 is 0 Å². The van der Waals surface area contributed by atoms with Crippen LogP contribution < -0.4 is 25.7 Å². The van der Waals surface area contributed by atoms with Gasteiger partial charge in [0.2, 0.25) is 33.3 Å². The molecule has 3 heterocycles. The lowest BCUT2D eigenvalue weighted by Gasteiger charge is -2.34. The number of rotatable bonds is 8. The number of amides is 4. The zero-order valence-corrected chi connectivity index (χ0v) is 34.2. The molecule has 2 saturated carbocycles. The lowest BCUT2D eigenvalue weighted by molar-refractivity contribution is -0.244. The second kappa shape index (κ2) is 15.5. The third kappa shape index (κ3) is 8.41. The highest BCUT2D eigenvalue weighted by Gasteiger charge is 2.63. The zero-order chi connectivity index (χ0) is 42.6. The standard InChI is InChI=1S/C39H51F3N6O9S/c1-7-48-32(50)27-15-11-10-14-26(27)31(45-48)56-25-19-28-30(49)44-38(34(52)46-58(54,55)37(6)16-17-37)20-24(38)13-9-8-12-22(2)18-23(3)29(33(51)47(28)21-25)43-35(53)57-36(4,5)39(40,41)42/h9-11,13-15,22-25,28-29H,7-8,12,16-21H2,1-6H3,(H,43,53)(H,44,49)(H,46,52)/b13-9-/t22-,23-,24?,25-,28+,29+,38-/m1/s1. The molecule has 0 bridgehead atoms. The van der Waals surface area contributed by atoms with Crippen LogP contribution in [0, 0.1) is 17.8 Å². The molecule has 15 nitrogen and oxygen atoms in total. The molecule has 2 aliphatic heterocycles. The summed E-state index contributed by atoms with van der Waals surface area (Å²) in [6, 6.07) is 3.79. The molecule has 1 unspecified atom stereocenters. The van der Waals surface area contributed by atoms with Gasteiger partial charge in [-0.25, -0.2) is 17.9 Å². The number of halogens is 3. The molecule has 3 N–H and O–H groups in total. The number of aromatic nitrogens is 2. The van der Waals surface area contributed by atoms with Gasteiger partial charge in [0.1, 0.15) is 23.7 Å². The predicted octanol–water partition coefficient (Wildman–Crippen LogP) is 4.09. The third-order valence-electron chi connectivity index (χ3n) is 12.0. The molecule has 1 aromatic heterocycles. The number of sulfonamides is 1. The molecule has 2 aromatic rings. The number of aryl methyl sites for hydroxylation is 1. The molecule has 4 amide bonds. The van der Waals surface area contributed by atoms with E-state index in [1.54, 1.807) is 44.2 Å². The summed E-state index contributed by atoms with van der Waals surface area (Å²) in [5.41, 5.74) is -4.92. The van der Waals surface area contributed by atoms with Crippen LogP contribution in [-0.2, 0) is 35.7 Å². The van der Waals surface area contributed by atoms with Crippen LogP contribution in [0.4, 0.5) is 18.0 Å². The van der Waals surface area contributed by atoms with E-state index in [1.807, 2.05) is 13.0 Å². The van der Waals surface area contributed by atoms with Crippen molar-refractivity contribution in [2.24, 2.45) is 17.8 Å². The lowest BCUT2D eigenvalue weighted by Crippen LogP contribution is -2.59. The van der Waals surface area contributed by atoms with E-state index in [1.165, 1.54) is 11.6 Å². The van der Waals surface area contributed by atoms with Crippen molar-refractivity contribution >= 4 is 44.6 Å². The molecule has 4 aliphatic rings. The number of hydrogen-bond acceptors (Lipinski definition) is 10. The van der Waals surface area contributed by atoms with E-state index in [0.717, 1.165) is 4.90 Å². The van der Waals surface area contributed by atoms with Crippen molar-refractivity contribution in [1.82, 2.24) is 30.0 Å². The number of hydrogen-bond donors (Lipinski definition) is 3. The minimum atomic E-state index is -4.93. The van der Waals surface area contributed by atoms with E-state index in [-0.39, 0.29) is 43.3 Å². The normalized spacial score (nSPS) is 29.5. The van der Waals surface area contributed by atoms with Crippen LogP contribution in [0.3, 0.4) is 0 Å². The molecule has 0 radical (unpaired) electrons. The third-order valence-corrected chi connectivity index (χ3v) is 14.1. The number of alkyl halides is 3.